The summed E-state index contributed by atoms with van der Waals surface area (Å²) in [6.07, 6.45) is 2.25. The molecule has 1 aromatic rings. The maximum absolute atomic E-state index is 10.9. The van der Waals surface area contributed by atoms with Crippen LogP contribution >= 0.6 is 0 Å². The number of carbonyl (C=O) groups is 1. The van der Waals surface area contributed by atoms with Gasteiger partial charge in [-0.05, 0) is 6.42 Å². The second-order valence-corrected chi connectivity index (χ2v) is 4.18. The number of rotatable bonds is 1. The SMILES string of the molecule is O=C(O)C1CCn2c(nc3c2NCC3)C1. The molecule has 5 nitrogen and oxygen atoms in total. The quantitative estimate of drug-likeness (QED) is 0.703. The van der Waals surface area contributed by atoms with Crippen LogP contribution < -0.4 is 5.32 Å². The lowest BCUT2D eigenvalue weighted by Gasteiger charge is -2.21. The summed E-state index contributed by atoms with van der Waals surface area (Å²) in [6, 6.07) is 0. The molecule has 5 heteroatoms. The number of hydrogen-bond donors (Lipinski definition) is 2. The van der Waals surface area contributed by atoms with Crippen LogP contribution in [0.4, 0.5) is 5.82 Å². The first-order chi connectivity index (χ1) is 7.25. The number of imidazole rings is 1. The maximum atomic E-state index is 10.9. The van der Waals surface area contributed by atoms with E-state index in [0.29, 0.717) is 12.8 Å². The van der Waals surface area contributed by atoms with E-state index in [1.807, 2.05) is 0 Å². The molecule has 0 saturated carbocycles. The van der Waals surface area contributed by atoms with E-state index in [1.165, 1.54) is 0 Å². The lowest BCUT2D eigenvalue weighted by Crippen LogP contribution is -2.26. The summed E-state index contributed by atoms with van der Waals surface area (Å²) < 4.78 is 2.14. The molecule has 3 heterocycles. The van der Waals surface area contributed by atoms with E-state index < -0.39 is 5.97 Å². The Balaban J connectivity index is 1.95. The Morgan fingerprint density at radius 3 is 3.27 bits per heavy atom. The van der Waals surface area contributed by atoms with Gasteiger partial charge in [-0.1, -0.05) is 0 Å². The number of fused-ring (bicyclic) bond motifs is 3. The molecular weight excluding hydrogens is 194 g/mol. The fourth-order valence-electron chi connectivity index (χ4n) is 2.44. The average molecular weight is 207 g/mol. The van der Waals surface area contributed by atoms with Gasteiger partial charge in [0, 0.05) is 25.9 Å². The highest BCUT2D eigenvalue weighted by Gasteiger charge is 2.29. The molecule has 0 fully saturated rings. The summed E-state index contributed by atoms with van der Waals surface area (Å²) in [5.41, 5.74) is 1.11. The van der Waals surface area contributed by atoms with Crippen LogP contribution in [-0.4, -0.2) is 27.2 Å². The highest BCUT2D eigenvalue weighted by Crippen LogP contribution is 2.29. The number of nitrogens with zero attached hydrogens (tertiary/aromatic N) is 2. The van der Waals surface area contributed by atoms with E-state index >= 15 is 0 Å². The van der Waals surface area contributed by atoms with Gasteiger partial charge >= 0.3 is 5.97 Å². The molecule has 2 aliphatic heterocycles. The Hall–Kier alpha value is -1.52. The van der Waals surface area contributed by atoms with Gasteiger partial charge in [0.15, 0.2) is 0 Å². The van der Waals surface area contributed by atoms with E-state index in [1.54, 1.807) is 0 Å². The zero-order valence-electron chi connectivity index (χ0n) is 8.36. The fourth-order valence-corrected chi connectivity index (χ4v) is 2.44. The molecule has 1 unspecified atom stereocenters. The normalized spacial score (nSPS) is 23.1. The lowest BCUT2D eigenvalue weighted by molar-refractivity contribution is -0.142. The van der Waals surface area contributed by atoms with E-state index in [4.69, 9.17) is 5.11 Å². The van der Waals surface area contributed by atoms with Crippen molar-refractivity contribution >= 4 is 11.8 Å². The van der Waals surface area contributed by atoms with Gasteiger partial charge in [-0.2, -0.15) is 0 Å². The monoisotopic (exact) mass is 207 g/mol. The van der Waals surface area contributed by atoms with Crippen LogP contribution in [0.2, 0.25) is 0 Å². The molecule has 0 spiro atoms. The average Bonchev–Trinajstić information content (AvgIpc) is 2.75. The number of hydrogen-bond acceptors (Lipinski definition) is 3. The van der Waals surface area contributed by atoms with Crippen molar-refractivity contribution in [3.63, 3.8) is 0 Å². The Bertz CT molecular complexity index is 425. The Morgan fingerprint density at radius 2 is 2.47 bits per heavy atom. The van der Waals surface area contributed by atoms with Crippen molar-refractivity contribution in [3.05, 3.63) is 11.5 Å². The van der Waals surface area contributed by atoms with Gasteiger partial charge < -0.3 is 15.0 Å². The van der Waals surface area contributed by atoms with Gasteiger partial charge in [0.1, 0.15) is 11.6 Å². The Morgan fingerprint density at radius 1 is 1.60 bits per heavy atom. The van der Waals surface area contributed by atoms with E-state index in [0.717, 1.165) is 36.8 Å². The smallest absolute Gasteiger partial charge is 0.307 e. The third-order valence-corrected chi connectivity index (χ3v) is 3.25. The van der Waals surface area contributed by atoms with E-state index in [9.17, 15) is 4.79 Å². The van der Waals surface area contributed by atoms with Crippen LogP contribution in [-0.2, 0) is 24.2 Å². The number of nitrogens with one attached hydrogen (secondary N) is 1. The third kappa shape index (κ3) is 1.22. The molecule has 0 aliphatic carbocycles. The number of carboxylic acids is 1. The molecule has 80 valence electrons. The second-order valence-electron chi connectivity index (χ2n) is 4.18. The van der Waals surface area contributed by atoms with Crippen LogP contribution in [0.25, 0.3) is 0 Å². The predicted molar refractivity (Wildman–Crippen MR) is 53.9 cm³/mol. The largest absolute Gasteiger partial charge is 0.481 e. The summed E-state index contributed by atoms with van der Waals surface area (Å²) in [6.45, 7) is 1.74. The fraction of sp³-hybridized carbons (Fsp3) is 0.600. The molecule has 0 radical (unpaired) electrons. The first-order valence-corrected chi connectivity index (χ1v) is 5.30. The van der Waals surface area contributed by atoms with E-state index in [2.05, 4.69) is 14.9 Å². The van der Waals surface area contributed by atoms with Crippen molar-refractivity contribution in [2.24, 2.45) is 5.92 Å². The predicted octanol–water partition coefficient (Wildman–Crippen LogP) is 0.498. The molecular formula is C10H13N3O2. The van der Waals surface area contributed by atoms with Crippen molar-refractivity contribution in [1.29, 1.82) is 0 Å². The Labute approximate surface area is 87.1 Å². The minimum atomic E-state index is -0.697. The number of carboxylic acid groups (broad SMARTS) is 1. The third-order valence-electron chi connectivity index (χ3n) is 3.25. The molecule has 15 heavy (non-hydrogen) atoms. The molecule has 0 saturated heterocycles. The van der Waals surface area contributed by atoms with E-state index in [-0.39, 0.29) is 5.92 Å². The van der Waals surface area contributed by atoms with Crippen molar-refractivity contribution in [2.45, 2.75) is 25.8 Å². The Kier molecular flexibility index (Phi) is 1.74. The summed E-state index contributed by atoms with van der Waals surface area (Å²) in [7, 11) is 0. The van der Waals surface area contributed by atoms with Crippen molar-refractivity contribution in [3.8, 4) is 0 Å². The maximum Gasteiger partial charge on any atom is 0.307 e. The van der Waals surface area contributed by atoms with Gasteiger partial charge in [0.05, 0.1) is 11.6 Å². The summed E-state index contributed by atoms with van der Waals surface area (Å²) >= 11 is 0. The lowest BCUT2D eigenvalue weighted by atomic mass is 9.98. The number of aliphatic carboxylic acids is 1. The summed E-state index contributed by atoms with van der Waals surface area (Å²) in [4.78, 5) is 15.4. The molecule has 1 aromatic heterocycles. The van der Waals surface area contributed by atoms with Crippen LogP contribution in [0.15, 0.2) is 0 Å². The van der Waals surface area contributed by atoms with Gasteiger partial charge in [-0.15, -0.1) is 0 Å². The highest BCUT2D eigenvalue weighted by atomic mass is 16.4. The minimum Gasteiger partial charge on any atom is -0.481 e. The highest BCUT2D eigenvalue weighted by molar-refractivity contribution is 5.70. The zero-order chi connectivity index (χ0) is 10.4. The number of anilines is 1. The zero-order valence-corrected chi connectivity index (χ0v) is 8.36. The summed E-state index contributed by atoms with van der Waals surface area (Å²) in [5, 5.41) is 12.3. The minimum absolute atomic E-state index is 0.250. The van der Waals surface area contributed by atoms with Gasteiger partial charge in [-0.25, -0.2) is 4.98 Å². The molecule has 0 aromatic carbocycles. The van der Waals surface area contributed by atoms with Crippen LogP contribution in [0.5, 0.6) is 0 Å². The molecule has 0 amide bonds. The van der Waals surface area contributed by atoms with Crippen molar-refractivity contribution < 1.29 is 9.90 Å². The number of aromatic nitrogens is 2. The standard InChI is InChI=1S/C10H13N3O2/c14-10(15)6-2-4-13-8(5-6)12-7-1-3-11-9(7)13/h6,11H,1-5H2,(H,14,15). The first-order valence-electron chi connectivity index (χ1n) is 5.30. The first kappa shape index (κ1) is 8.76. The van der Waals surface area contributed by atoms with Crippen molar-refractivity contribution in [2.75, 3.05) is 11.9 Å². The van der Waals surface area contributed by atoms with Gasteiger partial charge in [0.2, 0.25) is 0 Å². The van der Waals surface area contributed by atoms with Crippen LogP contribution in [0.1, 0.15) is 17.9 Å². The van der Waals surface area contributed by atoms with Gasteiger partial charge in [-0.3, -0.25) is 4.79 Å². The van der Waals surface area contributed by atoms with Crippen molar-refractivity contribution in [1.82, 2.24) is 9.55 Å². The second kappa shape index (κ2) is 2.98. The topological polar surface area (TPSA) is 67.1 Å². The van der Waals surface area contributed by atoms with Gasteiger partial charge in [0.25, 0.3) is 0 Å². The molecule has 2 N–H and O–H groups in total. The summed E-state index contributed by atoms with van der Waals surface area (Å²) in [5.74, 6) is 1.11. The van der Waals surface area contributed by atoms with Crippen LogP contribution in [0.3, 0.4) is 0 Å². The molecule has 2 aliphatic rings. The van der Waals surface area contributed by atoms with Crippen LogP contribution in [0, 0.1) is 5.92 Å². The molecule has 1 atom stereocenters. The molecule has 3 rings (SSSR count). The molecule has 0 bridgehead atoms.